The van der Waals surface area contributed by atoms with E-state index in [0.29, 0.717) is 64.0 Å². The standard InChI is InChI=1S/C41H47N7O6S/c1-26-5-10-32(29-20-34(53-3)39(35(21-29)54-4)47-17-15-46(16-18-47)30-11-13-45(2)14-12-30)36(19-26)55(51,52)37-23-43-40-38(44-37)33(22-42-40)27-6-8-28(9-7-27)41(50)48-24-31(49)25-48/h5-10,19-23,30-31,49H,11-18,24-25H2,1-4H3,(H,42,43). The van der Waals surface area contributed by atoms with Crippen LogP contribution in [-0.2, 0) is 9.84 Å². The van der Waals surface area contributed by atoms with Crippen LogP contribution in [0.25, 0.3) is 33.4 Å². The maximum absolute atomic E-state index is 14.6. The molecule has 0 bridgehead atoms. The summed E-state index contributed by atoms with van der Waals surface area (Å²) in [4.78, 5) is 34.0. The Kier molecular flexibility index (Phi) is 10.0. The summed E-state index contributed by atoms with van der Waals surface area (Å²) >= 11 is 0. The first-order valence-electron chi connectivity index (χ1n) is 18.8. The summed E-state index contributed by atoms with van der Waals surface area (Å²) in [5.41, 5.74) is 5.50. The third-order valence-electron chi connectivity index (χ3n) is 11.3. The molecule has 3 saturated heterocycles. The van der Waals surface area contributed by atoms with Gasteiger partial charge in [0.15, 0.2) is 10.7 Å². The molecule has 3 aliphatic rings. The number of piperidine rings is 1. The van der Waals surface area contributed by atoms with Gasteiger partial charge in [-0.3, -0.25) is 9.69 Å². The van der Waals surface area contributed by atoms with Crippen molar-refractivity contribution in [3.05, 3.63) is 78.1 Å². The van der Waals surface area contributed by atoms with Gasteiger partial charge in [-0.2, -0.15) is 0 Å². The van der Waals surface area contributed by atoms with Gasteiger partial charge in [0.1, 0.15) is 22.7 Å². The zero-order valence-corrected chi connectivity index (χ0v) is 32.5. The van der Waals surface area contributed by atoms with Crippen LogP contribution in [0.1, 0.15) is 28.8 Å². The summed E-state index contributed by atoms with van der Waals surface area (Å²) in [6.45, 7) is 8.32. The van der Waals surface area contributed by atoms with Gasteiger partial charge in [-0.15, -0.1) is 0 Å². The van der Waals surface area contributed by atoms with E-state index in [2.05, 4.69) is 36.7 Å². The second-order valence-electron chi connectivity index (χ2n) is 14.8. The van der Waals surface area contributed by atoms with E-state index in [1.807, 2.05) is 31.2 Å². The number of carbonyl (C=O) groups is 1. The molecule has 0 saturated carbocycles. The van der Waals surface area contributed by atoms with Gasteiger partial charge in [0.2, 0.25) is 9.84 Å². The first-order chi connectivity index (χ1) is 26.5. The molecule has 0 unspecified atom stereocenters. The fourth-order valence-corrected chi connectivity index (χ4v) is 9.50. The molecule has 288 valence electrons. The highest BCUT2D eigenvalue weighted by Gasteiger charge is 2.32. The zero-order chi connectivity index (χ0) is 38.4. The average molecular weight is 766 g/mol. The van der Waals surface area contributed by atoms with Crippen LogP contribution in [0.3, 0.4) is 0 Å². The lowest BCUT2D eigenvalue weighted by Crippen LogP contribution is -2.53. The van der Waals surface area contributed by atoms with Gasteiger partial charge in [0, 0.05) is 68.2 Å². The Morgan fingerprint density at radius 1 is 0.873 bits per heavy atom. The summed E-state index contributed by atoms with van der Waals surface area (Å²) in [6, 6.07) is 16.8. The molecule has 5 aromatic rings. The van der Waals surface area contributed by atoms with Gasteiger partial charge >= 0.3 is 0 Å². The fraction of sp³-hybridized carbons (Fsp3) is 0.390. The van der Waals surface area contributed by atoms with Crippen molar-refractivity contribution in [1.29, 1.82) is 0 Å². The molecule has 5 heterocycles. The molecule has 8 rings (SSSR count). The quantitative estimate of drug-likeness (QED) is 0.219. The largest absolute Gasteiger partial charge is 0.494 e. The number of nitrogens with zero attached hydrogens (tertiary/aromatic N) is 6. The minimum atomic E-state index is -4.19. The van der Waals surface area contributed by atoms with Crippen molar-refractivity contribution in [3.63, 3.8) is 0 Å². The first kappa shape index (κ1) is 36.9. The highest BCUT2D eigenvalue weighted by Crippen LogP contribution is 2.44. The van der Waals surface area contributed by atoms with E-state index < -0.39 is 15.9 Å². The van der Waals surface area contributed by atoms with Gasteiger partial charge in [-0.1, -0.05) is 24.3 Å². The van der Waals surface area contributed by atoms with Gasteiger partial charge in [0.25, 0.3) is 5.91 Å². The second kappa shape index (κ2) is 14.9. The Hall–Kier alpha value is -5.02. The molecule has 0 atom stereocenters. The molecule has 1 amide bonds. The summed E-state index contributed by atoms with van der Waals surface area (Å²) in [5, 5.41) is 9.41. The number of amides is 1. The van der Waals surface area contributed by atoms with Gasteiger partial charge in [0.05, 0.1) is 31.4 Å². The number of hydrogen-bond donors (Lipinski definition) is 2. The second-order valence-corrected chi connectivity index (χ2v) is 16.7. The van der Waals surface area contributed by atoms with Crippen molar-refractivity contribution in [2.45, 2.75) is 41.8 Å². The SMILES string of the molecule is COc1cc(-c2ccc(C)cc2S(=O)(=O)c2cnc3[nH]cc(-c4ccc(C(=O)N5CC(O)C5)cc4)c3n2)cc(OC)c1N1CCN(C2CCN(C)CC2)CC1. The van der Waals surface area contributed by atoms with E-state index in [0.717, 1.165) is 56.1 Å². The van der Waals surface area contributed by atoms with Crippen LogP contribution in [0.4, 0.5) is 5.69 Å². The number of aliphatic hydroxyl groups is 1. The number of methoxy groups -OCH3 is 2. The predicted octanol–water partition coefficient (Wildman–Crippen LogP) is 4.48. The van der Waals surface area contributed by atoms with Gasteiger partial charge < -0.3 is 34.3 Å². The summed E-state index contributed by atoms with van der Waals surface area (Å²) in [7, 11) is 1.26. The van der Waals surface area contributed by atoms with Crippen LogP contribution in [-0.4, -0.2) is 135 Å². The number of anilines is 1. The van der Waals surface area contributed by atoms with Crippen molar-refractivity contribution in [1.82, 2.24) is 29.7 Å². The molecule has 3 fully saturated rings. The lowest BCUT2D eigenvalue weighted by Gasteiger charge is -2.43. The smallest absolute Gasteiger partial charge is 0.254 e. The third kappa shape index (κ3) is 7.03. The van der Waals surface area contributed by atoms with Crippen molar-refractivity contribution in [2.24, 2.45) is 0 Å². The lowest BCUT2D eigenvalue weighted by atomic mass is 10.0. The number of sulfone groups is 1. The van der Waals surface area contributed by atoms with E-state index in [1.54, 1.807) is 55.6 Å². The predicted molar refractivity (Wildman–Crippen MR) is 211 cm³/mol. The van der Waals surface area contributed by atoms with E-state index in [1.165, 1.54) is 19.0 Å². The molecule has 0 spiro atoms. The van der Waals surface area contributed by atoms with Crippen LogP contribution in [0.15, 0.2) is 76.9 Å². The number of aryl methyl sites for hydroxylation is 1. The number of fused-ring (bicyclic) bond motifs is 1. The Morgan fingerprint density at radius 3 is 2.18 bits per heavy atom. The van der Waals surface area contributed by atoms with Crippen LogP contribution in [0.5, 0.6) is 11.5 Å². The molecule has 13 nitrogen and oxygen atoms in total. The molecular weight excluding hydrogens is 719 g/mol. The molecule has 3 aromatic carbocycles. The third-order valence-corrected chi connectivity index (χ3v) is 12.9. The molecule has 0 radical (unpaired) electrons. The van der Waals surface area contributed by atoms with Crippen LogP contribution in [0.2, 0.25) is 0 Å². The zero-order valence-electron chi connectivity index (χ0n) is 31.7. The average Bonchev–Trinajstić information content (AvgIpc) is 3.63. The summed E-state index contributed by atoms with van der Waals surface area (Å²) in [6.07, 6.45) is 4.91. The van der Waals surface area contributed by atoms with Crippen molar-refractivity contribution in [2.75, 3.05) is 78.5 Å². The molecule has 3 aliphatic heterocycles. The molecule has 2 N–H and O–H groups in total. The Morgan fingerprint density at radius 2 is 1.55 bits per heavy atom. The summed E-state index contributed by atoms with van der Waals surface area (Å²) in [5.74, 6) is 1.07. The Balaban J connectivity index is 1.09. The maximum Gasteiger partial charge on any atom is 0.254 e. The molecule has 0 aliphatic carbocycles. The molecule has 55 heavy (non-hydrogen) atoms. The molecule has 14 heteroatoms. The minimum absolute atomic E-state index is 0.0980. The van der Waals surface area contributed by atoms with Crippen LogP contribution < -0.4 is 14.4 Å². The van der Waals surface area contributed by atoms with E-state index in [9.17, 15) is 18.3 Å². The van der Waals surface area contributed by atoms with E-state index in [-0.39, 0.29) is 15.8 Å². The number of hydrogen-bond acceptors (Lipinski definition) is 11. The van der Waals surface area contributed by atoms with Gasteiger partial charge in [-0.25, -0.2) is 18.4 Å². The number of rotatable bonds is 9. The number of benzene rings is 3. The van der Waals surface area contributed by atoms with Crippen LogP contribution >= 0.6 is 0 Å². The highest BCUT2D eigenvalue weighted by molar-refractivity contribution is 7.91. The number of nitrogens with one attached hydrogen (secondary N) is 1. The highest BCUT2D eigenvalue weighted by atomic mass is 32.2. The lowest BCUT2D eigenvalue weighted by molar-refractivity contribution is 0.00589. The number of aromatic amines is 1. The maximum atomic E-state index is 14.6. The number of H-pyrrole nitrogens is 1. The number of aliphatic hydroxyl groups excluding tert-OH is 1. The monoisotopic (exact) mass is 765 g/mol. The molecular formula is C41H47N7O6S. The normalized spacial score (nSPS) is 17.8. The van der Waals surface area contributed by atoms with Crippen molar-refractivity contribution in [3.8, 4) is 33.8 Å². The van der Waals surface area contributed by atoms with Crippen LogP contribution in [0, 0.1) is 6.92 Å². The Labute approximate surface area is 321 Å². The summed E-state index contributed by atoms with van der Waals surface area (Å²) < 4.78 is 41.1. The number of likely N-dealkylation sites (tertiary alicyclic amines) is 2. The first-order valence-corrected chi connectivity index (χ1v) is 20.2. The fourth-order valence-electron chi connectivity index (χ4n) is 8.06. The number of aromatic nitrogens is 3. The number of carbonyl (C=O) groups excluding carboxylic acids is 1. The van der Waals surface area contributed by atoms with Crippen molar-refractivity contribution >= 4 is 32.6 Å². The number of β-amino-alcohol motifs (C(OH)–C–C–N with tert-alkyl or cyclic N) is 1. The number of ether oxygens (including phenoxy) is 2. The van der Waals surface area contributed by atoms with Gasteiger partial charge in [-0.05, 0) is 86.9 Å². The Bertz CT molecular complexity index is 2300. The van der Waals surface area contributed by atoms with E-state index in [4.69, 9.17) is 9.47 Å². The van der Waals surface area contributed by atoms with E-state index >= 15 is 0 Å². The van der Waals surface area contributed by atoms with Crippen molar-refractivity contribution < 1.29 is 27.8 Å². The number of piperazine rings is 1. The topological polar surface area (TPSA) is 144 Å². The minimum Gasteiger partial charge on any atom is -0.494 e. The molecule has 2 aromatic heterocycles.